The lowest BCUT2D eigenvalue weighted by Crippen LogP contribution is -2.21. The monoisotopic (exact) mass is 406 g/mol. The van der Waals surface area contributed by atoms with E-state index in [1.54, 1.807) is 0 Å². The molecular weight excluding hydrogens is 368 g/mol. The topological polar surface area (TPSA) is 87.0 Å². The highest BCUT2D eigenvalue weighted by molar-refractivity contribution is 5.69. The Balaban J connectivity index is 1.78. The van der Waals surface area contributed by atoms with Gasteiger partial charge in [0.05, 0.1) is 25.2 Å². The van der Waals surface area contributed by atoms with Crippen LogP contribution in [0.2, 0.25) is 0 Å². The number of allylic oxidation sites excluding steroid dienone is 2. The first-order valence-electron chi connectivity index (χ1n) is 11.3. The largest absolute Gasteiger partial charge is 0.469 e. The van der Waals surface area contributed by atoms with Gasteiger partial charge >= 0.3 is 5.97 Å². The molecule has 2 aliphatic rings. The molecule has 0 aromatic rings. The zero-order chi connectivity index (χ0) is 21.1. The Labute approximate surface area is 175 Å². The van der Waals surface area contributed by atoms with Crippen LogP contribution in [-0.2, 0) is 9.53 Å². The average molecular weight is 407 g/mol. The Bertz CT molecular complexity index is 570. The predicted molar refractivity (Wildman–Crippen MR) is 113 cm³/mol. The lowest BCUT2D eigenvalue weighted by atomic mass is 9.85. The maximum Gasteiger partial charge on any atom is 0.305 e. The van der Waals surface area contributed by atoms with Crippen LogP contribution in [0.1, 0.15) is 77.0 Å². The first-order chi connectivity index (χ1) is 14.0. The lowest BCUT2D eigenvalue weighted by molar-refractivity contribution is -0.140. The Kier molecular flexibility index (Phi) is 10.8. The standard InChI is InChI=1S/C24H38O5/c1-29-24(28)12-8-3-2-7-11-20-21(23(27)17-22(20)26)16-15-19(25)14-13-18-9-5-4-6-10-18/h2,7,18-23,25-27H,3-6,8-14,17H2,1H3/b7-2-/t19-,20+,21+,22-,23+/m0/s1. The van der Waals surface area contributed by atoms with Crippen molar-refractivity contribution in [3.8, 4) is 11.8 Å². The Hall–Kier alpha value is -1.35. The molecule has 0 aromatic carbocycles. The van der Waals surface area contributed by atoms with Gasteiger partial charge in [-0.15, -0.1) is 0 Å². The van der Waals surface area contributed by atoms with Gasteiger partial charge < -0.3 is 20.1 Å². The molecule has 5 heteroatoms. The molecular formula is C24H38O5. The Morgan fingerprint density at radius 2 is 1.93 bits per heavy atom. The molecule has 0 heterocycles. The fourth-order valence-electron chi connectivity index (χ4n) is 4.57. The second kappa shape index (κ2) is 13.1. The fraction of sp³-hybridized carbons (Fsp3) is 0.792. The number of ether oxygens (including phenoxy) is 1. The molecule has 0 unspecified atom stereocenters. The van der Waals surface area contributed by atoms with E-state index < -0.39 is 18.3 Å². The average Bonchev–Trinajstić information content (AvgIpc) is 3.00. The van der Waals surface area contributed by atoms with Gasteiger partial charge in [0, 0.05) is 18.8 Å². The van der Waals surface area contributed by atoms with E-state index in [2.05, 4.69) is 16.6 Å². The van der Waals surface area contributed by atoms with Crippen molar-refractivity contribution < 1.29 is 24.9 Å². The highest BCUT2D eigenvalue weighted by Gasteiger charge is 2.40. The van der Waals surface area contributed by atoms with E-state index in [1.807, 2.05) is 12.2 Å². The van der Waals surface area contributed by atoms with Gasteiger partial charge in [-0.05, 0) is 38.0 Å². The highest BCUT2D eigenvalue weighted by Crippen LogP contribution is 2.35. The molecule has 0 amide bonds. The van der Waals surface area contributed by atoms with Crippen molar-refractivity contribution in [2.45, 2.75) is 95.4 Å². The quantitative estimate of drug-likeness (QED) is 0.237. The maximum absolute atomic E-state index is 11.1. The molecule has 2 rings (SSSR count). The van der Waals surface area contributed by atoms with Gasteiger partial charge in [0.25, 0.3) is 0 Å². The van der Waals surface area contributed by atoms with Crippen molar-refractivity contribution in [2.75, 3.05) is 7.11 Å². The first-order valence-corrected chi connectivity index (χ1v) is 11.3. The molecule has 5 nitrogen and oxygen atoms in total. The van der Waals surface area contributed by atoms with Crippen LogP contribution in [0.25, 0.3) is 0 Å². The molecule has 3 N–H and O–H groups in total. The van der Waals surface area contributed by atoms with E-state index >= 15 is 0 Å². The number of rotatable bonds is 9. The lowest BCUT2D eigenvalue weighted by Gasteiger charge is -2.21. The third kappa shape index (κ3) is 8.50. The van der Waals surface area contributed by atoms with Crippen LogP contribution in [0.4, 0.5) is 0 Å². The molecule has 2 aliphatic carbocycles. The van der Waals surface area contributed by atoms with Crippen LogP contribution in [0.15, 0.2) is 12.2 Å². The zero-order valence-electron chi connectivity index (χ0n) is 17.8. The summed E-state index contributed by atoms with van der Waals surface area (Å²) in [4.78, 5) is 11.1. The minimum Gasteiger partial charge on any atom is -0.469 e. The minimum atomic E-state index is -0.656. The van der Waals surface area contributed by atoms with Gasteiger partial charge in [-0.1, -0.05) is 56.1 Å². The number of methoxy groups -OCH3 is 1. The van der Waals surface area contributed by atoms with E-state index in [4.69, 9.17) is 0 Å². The van der Waals surface area contributed by atoms with Crippen molar-refractivity contribution >= 4 is 5.97 Å². The third-order valence-corrected chi connectivity index (χ3v) is 6.40. The second-order valence-corrected chi connectivity index (χ2v) is 8.62. The minimum absolute atomic E-state index is 0.125. The summed E-state index contributed by atoms with van der Waals surface area (Å²) in [5.41, 5.74) is 0. The normalized spacial score (nSPS) is 28.8. The van der Waals surface area contributed by atoms with Gasteiger partial charge in [-0.2, -0.15) is 0 Å². The third-order valence-electron chi connectivity index (χ3n) is 6.40. The number of aliphatic hydroxyl groups is 3. The van der Waals surface area contributed by atoms with Crippen LogP contribution in [-0.4, -0.2) is 46.7 Å². The Morgan fingerprint density at radius 3 is 2.66 bits per heavy atom. The fourth-order valence-corrected chi connectivity index (χ4v) is 4.57. The van der Waals surface area contributed by atoms with Crippen LogP contribution < -0.4 is 0 Å². The number of hydrogen-bond acceptors (Lipinski definition) is 5. The summed E-state index contributed by atoms with van der Waals surface area (Å²) in [6.07, 6.45) is 13.2. The molecule has 164 valence electrons. The second-order valence-electron chi connectivity index (χ2n) is 8.62. The van der Waals surface area contributed by atoms with Gasteiger partial charge in [-0.3, -0.25) is 4.79 Å². The molecule has 0 spiro atoms. The smallest absolute Gasteiger partial charge is 0.305 e. The van der Waals surface area contributed by atoms with Crippen molar-refractivity contribution in [1.29, 1.82) is 0 Å². The summed E-state index contributed by atoms with van der Waals surface area (Å²) in [6.45, 7) is 0. The first kappa shape index (κ1) is 23.9. The van der Waals surface area contributed by atoms with Crippen molar-refractivity contribution in [1.82, 2.24) is 0 Å². The van der Waals surface area contributed by atoms with Crippen LogP contribution in [0.5, 0.6) is 0 Å². The summed E-state index contributed by atoms with van der Waals surface area (Å²) in [5, 5.41) is 30.8. The molecule has 0 bridgehead atoms. The maximum atomic E-state index is 11.1. The van der Waals surface area contributed by atoms with Gasteiger partial charge in [-0.25, -0.2) is 0 Å². The SMILES string of the molecule is COC(=O)CCC/C=C\C[C@@H]1[C@@H](C#C[C@@H](O)CCC2CCCCC2)[C@H](O)C[C@@H]1O. The van der Waals surface area contributed by atoms with Crippen LogP contribution >= 0.6 is 0 Å². The van der Waals surface area contributed by atoms with E-state index in [-0.39, 0.29) is 17.8 Å². The number of carbonyl (C=O) groups excluding carboxylic acids is 1. The van der Waals surface area contributed by atoms with E-state index in [0.29, 0.717) is 25.7 Å². The molecule has 5 atom stereocenters. The molecule has 0 aromatic heterocycles. The molecule has 0 radical (unpaired) electrons. The van der Waals surface area contributed by atoms with E-state index in [0.717, 1.165) is 25.2 Å². The summed E-state index contributed by atoms with van der Waals surface area (Å²) in [7, 11) is 1.39. The van der Waals surface area contributed by atoms with Crippen molar-refractivity contribution in [3.05, 3.63) is 12.2 Å². The van der Waals surface area contributed by atoms with Gasteiger partial charge in [0.2, 0.25) is 0 Å². The van der Waals surface area contributed by atoms with E-state index in [1.165, 1.54) is 39.2 Å². The molecule has 2 saturated carbocycles. The number of aliphatic hydroxyl groups excluding tert-OH is 3. The molecule has 29 heavy (non-hydrogen) atoms. The Morgan fingerprint density at radius 1 is 1.17 bits per heavy atom. The summed E-state index contributed by atoms with van der Waals surface area (Å²) in [6, 6.07) is 0. The van der Waals surface area contributed by atoms with Crippen LogP contribution in [0, 0.1) is 29.6 Å². The zero-order valence-corrected chi connectivity index (χ0v) is 17.8. The van der Waals surface area contributed by atoms with Gasteiger partial charge in [0.1, 0.15) is 6.10 Å². The predicted octanol–water partition coefficient (Wildman–Crippen LogP) is 3.36. The van der Waals surface area contributed by atoms with Crippen molar-refractivity contribution in [2.24, 2.45) is 17.8 Å². The summed E-state index contributed by atoms with van der Waals surface area (Å²) >= 11 is 0. The summed E-state index contributed by atoms with van der Waals surface area (Å²) in [5.74, 6) is 6.08. The van der Waals surface area contributed by atoms with Crippen molar-refractivity contribution in [3.63, 3.8) is 0 Å². The highest BCUT2D eigenvalue weighted by atomic mass is 16.5. The van der Waals surface area contributed by atoms with E-state index in [9.17, 15) is 20.1 Å². The molecule has 0 aliphatic heterocycles. The number of carbonyl (C=O) groups is 1. The molecule has 2 fully saturated rings. The molecule has 0 saturated heterocycles. The number of hydrogen-bond donors (Lipinski definition) is 3. The van der Waals surface area contributed by atoms with Crippen LogP contribution in [0.3, 0.4) is 0 Å². The number of unbranched alkanes of at least 4 members (excludes halogenated alkanes) is 1. The summed E-state index contributed by atoms with van der Waals surface area (Å²) < 4.78 is 4.62. The van der Waals surface area contributed by atoms with Gasteiger partial charge in [0.15, 0.2) is 0 Å². The number of esters is 1.